The molecule has 0 N–H and O–H groups in total. The van der Waals surface area contributed by atoms with Gasteiger partial charge in [0.2, 0.25) is 0 Å². The number of halogens is 2. The largest absolute Gasteiger partial charge is 0.494 e. The third-order valence-electron chi connectivity index (χ3n) is 9.59. The Kier molecular flexibility index (Phi) is 27.3. The normalized spacial score (nSPS) is 11.3. The van der Waals surface area contributed by atoms with E-state index in [1.807, 2.05) is 0 Å². The molecule has 0 fully saturated rings. The molecular weight excluding hydrogens is 736 g/mol. The maximum absolute atomic E-state index is 6.51. The fourth-order valence-corrected chi connectivity index (χ4v) is 7.37. The van der Waals surface area contributed by atoms with Gasteiger partial charge < -0.3 is 14.2 Å². The van der Waals surface area contributed by atoms with Gasteiger partial charge in [0.1, 0.15) is 17.2 Å². The molecular formula is C44H72Br2O3. The Morgan fingerprint density at radius 1 is 0.388 bits per heavy atom. The zero-order valence-corrected chi connectivity index (χ0v) is 35.0. The molecule has 280 valence electrons. The van der Waals surface area contributed by atoms with E-state index in [-0.39, 0.29) is 0 Å². The summed E-state index contributed by atoms with van der Waals surface area (Å²) in [5.74, 6) is 2.85. The number of rotatable bonds is 33. The van der Waals surface area contributed by atoms with Gasteiger partial charge in [-0.1, -0.05) is 187 Å². The van der Waals surface area contributed by atoms with Crippen molar-refractivity contribution < 1.29 is 14.2 Å². The first kappa shape index (κ1) is 44.0. The fraction of sp³-hybridized carbons (Fsp3) is 0.727. The zero-order chi connectivity index (χ0) is 35.2. The molecule has 2 aromatic rings. The van der Waals surface area contributed by atoms with Crippen molar-refractivity contribution in [1.82, 2.24) is 0 Å². The number of alkyl halides is 2. The van der Waals surface area contributed by atoms with Crippen molar-refractivity contribution in [3.8, 4) is 28.4 Å². The van der Waals surface area contributed by atoms with E-state index in [0.717, 1.165) is 72.6 Å². The van der Waals surface area contributed by atoms with Gasteiger partial charge in [-0.3, -0.25) is 0 Å². The molecule has 0 unspecified atom stereocenters. The molecule has 3 nitrogen and oxygen atoms in total. The molecule has 0 amide bonds. The van der Waals surface area contributed by atoms with Crippen LogP contribution in [-0.2, 0) is 10.7 Å². The molecule has 0 saturated carbocycles. The molecule has 0 heterocycles. The van der Waals surface area contributed by atoms with Gasteiger partial charge in [0, 0.05) is 21.8 Å². The van der Waals surface area contributed by atoms with Gasteiger partial charge >= 0.3 is 0 Å². The van der Waals surface area contributed by atoms with Crippen LogP contribution in [-0.4, -0.2) is 19.8 Å². The molecule has 0 aliphatic carbocycles. The Labute approximate surface area is 319 Å². The SMILES string of the molecule is CCCCCCCCCCOc1ccc(OCCCCCCCCCC)c(-c2cc(CBr)c(OCCCCCCCCCC)cc2CBr)c1. The number of hydrogen-bond donors (Lipinski definition) is 0. The molecule has 0 spiro atoms. The third kappa shape index (κ3) is 19.8. The maximum atomic E-state index is 6.51. The van der Waals surface area contributed by atoms with E-state index in [1.54, 1.807) is 0 Å². The summed E-state index contributed by atoms with van der Waals surface area (Å²) in [6, 6.07) is 11.0. The van der Waals surface area contributed by atoms with E-state index >= 15 is 0 Å². The molecule has 0 bridgehead atoms. The first-order valence-electron chi connectivity index (χ1n) is 20.5. The quantitative estimate of drug-likeness (QED) is 0.0531. The smallest absolute Gasteiger partial charge is 0.127 e. The molecule has 2 rings (SSSR count). The van der Waals surface area contributed by atoms with Crippen LogP contribution in [0.5, 0.6) is 17.2 Å². The van der Waals surface area contributed by atoms with Crippen LogP contribution in [0.25, 0.3) is 11.1 Å². The van der Waals surface area contributed by atoms with Crippen LogP contribution in [0, 0.1) is 0 Å². The van der Waals surface area contributed by atoms with Crippen LogP contribution in [0.15, 0.2) is 30.3 Å². The molecule has 2 aromatic carbocycles. The number of hydrogen-bond acceptors (Lipinski definition) is 3. The highest BCUT2D eigenvalue weighted by atomic mass is 79.9. The summed E-state index contributed by atoms with van der Waals surface area (Å²) < 4.78 is 19.2. The third-order valence-corrected chi connectivity index (χ3v) is 10.8. The number of benzene rings is 2. The minimum absolute atomic E-state index is 0.745. The van der Waals surface area contributed by atoms with Gasteiger partial charge in [-0.25, -0.2) is 0 Å². The van der Waals surface area contributed by atoms with Gasteiger partial charge in [-0.05, 0) is 60.7 Å². The average Bonchev–Trinajstić information content (AvgIpc) is 3.12. The number of unbranched alkanes of at least 4 members (excludes halogenated alkanes) is 21. The number of ether oxygens (including phenoxy) is 3. The van der Waals surface area contributed by atoms with Gasteiger partial charge in [0.25, 0.3) is 0 Å². The van der Waals surface area contributed by atoms with Crippen LogP contribution in [0.3, 0.4) is 0 Å². The monoisotopic (exact) mass is 806 g/mol. The lowest BCUT2D eigenvalue weighted by molar-refractivity contribution is 0.297. The molecule has 0 aliphatic rings. The van der Waals surface area contributed by atoms with E-state index in [9.17, 15) is 0 Å². The summed E-state index contributed by atoms with van der Waals surface area (Å²) >= 11 is 7.58. The molecule has 0 saturated heterocycles. The fourth-order valence-electron chi connectivity index (χ4n) is 6.46. The summed E-state index contributed by atoms with van der Waals surface area (Å²) in [7, 11) is 0. The van der Waals surface area contributed by atoms with Crippen molar-refractivity contribution in [3.63, 3.8) is 0 Å². The summed E-state index contributed by atoms with van der Waals surface area (Å²) in [5.41, 5.74) is 4.69. The summed E-state index contributed by atoms with van der Waals surface area (Å²) in [6.45, 7) is 9.12. The Hall–Kier alpha value is -1.20. The lowest BCUT2D eigenvalue weighted by Gasteiger charge is -2.19. The summed E-state index contributed by atoms with van der Waals surface area (Å²) in [5, 5.41) is 1.50. The minimum atomic E-state index is 0.745. The van der Waals surface area contributed by atoms with Crippen LogP contribution >= 0.6 is 31.9 Å². The first-order valence-corrected chi connectivity index (χ1v) is 22.7. The van der Waals surface area contributed by atoms with Crippen molar-refractivity contribution in [2.75, 3.05) is 19.8 Å². The molecule has 5 heteroatoms. The maximum Gasteiger partial charge on any atom is 0.127 e. The Balaban J connectivity index is 2.07. The van der Waals surface area contributed by atoms with Gasteiger partial charge in [-0.2, -0.15) is 0 Å². The molecule has 0 aliphatic heterocycles. The summed E-state index contributed by atoms with van der Waals surface area (Å²) in [4.78, 5) is 0. The Morgan fingerprint density at radius 3 is 1.24 bits per heavy atom. The standard InChI is InChI=1S/C44H72Br2O3/c1-4-7-10-13-16-19-22-25-30-47-40-28-29-43(48-31-26-23-20-17-14-11-8-5-2)42(35-40)41-33-39(37-46)44(34-38(41)36-45)49-32-27-24-21-18-15-12-9-6-3/h28-29,33-35H,4-27,30-32,36-37H2,1-3H3. The molecule has 0 aromatic heterocycles. The van der Waals surface area contributed by atoms with Crippen molar-refractivity contribution in [2.45, 2.75) is 186 Å². The second-order valence-corrected chi connectivity index (χ2v) is 15.1. The topological polar surface area (TPSA) is 27.7 Å². The van der Waals surface area contributed by atoms with E-state index < -0.39 is 0 Å². The van der Waals surface area contributed by atoms with E-state index in [4.69, 9.17) is 14.2 Å². The van der Waals surface area contributed by atoms with E-state index in [0.29, 0.717) is 0 Å². The molecule has 0 radical (unpaired) electrons. The first-order chi connectivity index (χ1) is 24.2. The lowest BCUT2D eigenvalue weighted by atomic mass is 9.96. The Morgan fingerprint density at radius 2 is 0.796 bits per heavy atom. The van der Waals surface area contributed by atoms with Crippen LogP contribution < -0.4 is 14.2 Å². The van der Waals surface area contributed by atoms with E-state index in [2.05, 4.69) is 83.0 Å². The lowest BCUT2D eigenvalue weighted by Crippen LogP contribution is -2.04. The van der Waals surface area contributed by atoms with Crippen molar-refractivity contribution in [1.29, 1.82) is 0 Å². The van der Waals surface area contributed by atoms with Crippen LogP contribution in [0.4, 0.5) is 0 Å². The van der Waals surface area contributed by atoms with Crippen LogP contribution in [0.2, 0.25) is 0 Å². The predicted octanol–water partition coefficient (Wildman–Crippen LogP) is 15.7. The molecule has 49 heavy (non-hydrogen) atoms. The highest BCUT2D eigenvalue weighted by Crippen LogP contribution is 2.40. The van der Waals surface area contributed by atoms with Gasteiger partial charge in [0.05, 0.1) is 19.8 Å². The highest BCUT2D eigenvalue weighted by Gasteiger charge is 2.17. The zero-order valence-electron chi connectivity index (χ0n) is 31.9. The molecule has 0 atom stereocenters. The van der Waals surface area contributed by atoms with Crippen molar-refractivity contribution in [3.05, 3.63) is 41.5 Å². The second kappa shape index (κ2) is 30.4. The van der Waals surface area contributed by atoms with Crippen LogP contribution in [0.1, 0.15) is 186 Å². The van der Waals surface area contributed by atoms with E-state index in [1.165, 1.54) is 152 Å². The predicted molar refractivity (Wildman–Crippen MR) is 221 cm³/mol. The average molecular weight is 809 g/mol. The summed E-state index contributed by atoms with van der Waals surface area (Å²) in [6.07, 6.45) is 31.2. The van der Waals surface area contributed by atoms with Crippen molar-refractivity contribution in [2.24, 2.45) is 0 Å². The highest BCUT2D eigenvalue weighted by molar-refractivity contribution is 9.08. The Bertz CT molecular complexity index is 1070. The second-order valence-electron chi connectivity index (χ2n) is 14.0. The minimum Gasteiger partial charge on any atom is -0.494 e. The van der Waals surface area contributed by atoms with Gasteiger partial charge in [-0.15, -0.1) is 0 Å². The van der Waals surface area contributed by atoms with Crippen molar-refractivity contribution >= 4 is 31.9 Å². The van der Waals surface area contributed by atoms with Gasteiger partial charge in [0.15, 0.2) is 0 Å².